The lowest BCUT2D eigenvalue weighted by atomic mass is 9.81. The van der Waals surface area contributed by atoms with Crippen LogP contribution in [0, 0.1) is 11.3 Å². The van der Waals surface area contributed by atoms with Crippen LogP contribution in [0.2, 0.25) is 0 Å². The fraction of sp³-hybridized carbons (Fsp3) is 0.0370. The zero-order chi connectivity index (χ0) is 21.2. The van der Waals surface area contributed by atoms with Crippen molar-refractivity contribution in [1.29, 1.82) is 5.26 Å². The van der Waals surface area contributed by atoms with E-state index in [1.807, 2.05) is 72.8 Å². The minimum absolute atomic E-state index is 0.174. The molecular weight excluding hydrogens is 384 g/mol. The summed E-state index contributed by atoms with van der Waals surface area (Å²) in [5.74, 6) is 0.134. The van der Waals surface area contributed by atoms with Crippen LogP contribution in [0.3, 0.4) is 0 Å². The van der Waals surface area contributed by atoms with Crippen LogP contribution in [0.4, 0.5) is 0 Å². The summed E-state index contributed by atoms with van der Waals surface area (Å²) in [6.07, 6.45) is 0. The highest BCUT2D eigenvalue weighted by molar-refractivity contribution is 5.96. The van der Waals surface area contributed by atoms with E-state index in [1.54, 1.807) is 24.3 Å². The van der Waals surface area contributed by atoms with Crippen LogP contribution in [0.5, 0.6) is 5.75 Å². The summed E-state index contributed by atoms with van der Waals surface area (Å²) in [5, 5.41) is 15.0. The van der Waals surface area contributed by atoms with Crippen molar-refractivity contribution in [2.45, 2.75) is 5.92 Å². The first-order chi connectivity index (χ1) is 15.3. The van der Waals surface area contributed by atoms with E-state index in [2.05, 4.69) is 11.4 Å². The Morgan fingerprint density at radius 1 is 0.839 bits per heavy atom. The number of allylic oxidation sites excluding steroid dienone is 1. The third-order valence-corrected chi connectivity index (χ3v) is 5.48. The molecule has 1 aliphatic rings. The lowest BCUT2D eigenvalue weighted by molar-refractivity contribution is 0.0947. The Bertz CT molecular complexity index is 1350. The van der Waals surface area contributed by atoms with Crippen molar-refractivity contribution in [3.63, 3.8) is 0 Å². The number of carbonyl (C=O) groups excluding carboxylic acids is 1. The van der Waals surface area contributed by atoms with Gasteiger partial charge in [-0.1, -0.05) is 78.9 Å². The van der Waals surface area contributed by atoms with Gasteiger partial charge >= 0.3 is 0 Å². The maximum Gasteiger partial charge on any atom is 0.257 e. The molecule has 0 aromatic heterocycles. The summed E-state index contributed by atoms with van der Waals surface area (Å²) in [4.78, 5) is 12.8. The lowest BCUT2D eigenvalue weighted by Crippen LogP contribution is -2.31. The van der Waals surface area contributed by atoms with Gasteiger partial charge in [0, 0.05) is 11.1 Å². The van der Waals surface area contributed by atoms with Crippen molar-refractivity contribution < 1.29 is 9.53 Å². The molecule has 148 valence electrons. The minimum Gasteiger partial charge on any atom is -0.439 e. The number of rotatable bonds is 3. The fourth-order valence-corrected chi connectivity index (χ4v) is 4.05. The molecule has 1 atom stereocenters. The van der Waals surface area contributed by atoms with Gasteiger partial charge in [-0.15, -0.1) is 0 Å². The Morgan fingerprint density at radius 2 is 1.52 bits per heavy atom. The Morgan fingerprint density at radius 3 is 2.26 bits per heavy atom. The van der Waals surface area contributed by atoms with Gasteiger partial charge in [0.2, 0.25) is 5.88 Å². The van der Waals surface area contributed by atoms with Crippen LogP contribution in [0.1, 0.15) is 27.4 Å². The summed E-state index contributed by atoms with van der Waals surface area (Å²) in [5.41, 5.74) is 2.76. The van der Waals surface area contributed by atoms with Gasteiger partial charge in [-0.3, -0.25) is 10.1 Å². The molecule has 1 N–H and O–H groups in total. The van der Waals surface area contributed by atoms with E-state index in [-0.39, 0.29) is 17.7 Å². The topological polar surface area (TPSA) is 62.1 Å². The van der Waals surface area contributed by atoms with E-state index in [1.165, 1.54) is 0 Å². The second-order valence-corrected chi connectivity index (χ2v) is 7.32. The molecule has 0 radical (unpaired) electrons. The molecular formula is C27H18N2O2. The maximum atomic E-state index is 12.8. The van der Waals surface area contributed by atoms with Crippen molar-refractivity contribution >= 4 is 16.7 Å². The van der Waals surface area contributed by atoms with Gasteiger partial charge in [0.25, 0.3) is 5.91 Å². The Labute approximate surface area is 180 Å². The van der Waals surface area contributed by atoms with E-state index < -0.39 is 0 Å². The number of nitrogens with zero attached hydrogens (tertiary/aromatic N) is 1. The van der Waals surface area contributed by atoms with Crippen LogP contribution in [0.25, 0.3) is 10.8 Å². The van der Waals surface area contributed by atoms with Gasteiger partial charge in [0.05, 0.1) is 5.92 Å². The van der Waals surface area contributed by atoms with Gasteiger partial charge in [0.15, 0.2) is 0 Å². The standard InChI is InChI=1S/C27H18N2O2/c28-17-22-24(19-10-3-1-4-11-19)25-21-14-8-7-9-18(21)15-16-23(25)31-27(22)29-26(30)20-12-5-2-6-13-20/h1-16,24H,(H,29,30)/t24-/m1/s1. The molecule has 0 aliphatic carbocycles. The molecule has 0 spiro atoms. The molecule has 1 heterocycles. The first-order valence-corrected chi connectivity index (χ1v) is 10.0. The number of benzene rings is 4. The average molecular weight is 402 g/mol. The number of hydrogen-bond donors (Lipinski definition) is 1. The van der Waals surface area contributed by atoms with Gasteiger partial charge in [-0.05, 0) is 34.5 Å². The zero-order valence-electron chi connectivity index (χ0n) is 16.6. The Balaban J connectivity index is 1.69. The summed E-state index contributed by atoms with van der Waals surface area (Å²) >= 11 is 0. The molecule has 0 saturated heterocycles. The molecule has 31 heavy (non-hydrogen) atoms. The number of hydrogen-bond acceptors (Lipinski definition) is 3. The molecule has 0 saturated carbocycles. The molecule has 4 aromatic carbocycles. The summed E-state index contributed by atoms with van der Waals surface area (Å²) in [7, 11) is 0. The number of amides is 1. The SMILES string of the molecule is N#CC1=C(NC(=O)c2ccccc2)Oc2ccc3ccccc3c2[C@@H]1c1ccccc1. The van der Waals surface area contributed by atoms with E-state index in [0.29, 0.717) is 16.9 Å². The fourth-order valence-electron chi connectivity index (χ4n) is 4.05. The minimum atomic E-state index is -0.355. The first-order valence-electron chi connectivity index (χ1n) is 10.0. The normalized spacial score (nSPS) is 15.0. The second kappa shape index (κ2) is 7.81. The molecule has 4 aromatic rings. The van der Waals surface area contributed by atoms with Gasteiger partial charge in [0.1, 0.15) is 17.4 Å². The molecule has 1 amide bonds. The highest BCUT2D eigenvalue weighted by Gasteiger charge is 2.33. The van der Waals surface area contributed by atoms with E-state index in [9.17, 15) is 10.1 Å². The maximum absolute atomic E-state index is 12.8. The predicted molar refractivity (Wildman–Crippen MR) is 119 cm³/mol. The summed E-state index contributed by atoms with van der Waals surface area (Å²) in [6, 6.07) is 33.0. The van der Waals surface area contributed by atoms with Crippen molar-refractivity contribution in [2.24, 2.45) is 0 Å². The molecule has 4 nitrogen and oxygen atoms in total. The van der Waals surface area contributed by atoms with Gasteiger partial charge in [-0.25, -0.2) is 0 Å². The Hall–Kier alpha value is -4.36. The predicted octanol–water partition coefficient (Wildman–Crippen LogP) is 5.53. The number of nitriles is 1. The monoisotopic (exact) mass is 402 g/mol. The average Bonchev–Trinajstić information content (AvgIpc) is 2.84. The largest absolute Gasteiger partial charge is 0.439 e. The van der Waals surface area contributed by atoms with Gasteiger partial charge in [-0.2, -0.15) is 5.26 Å². The number of nitrogens with one attached hydrogen (secondary N) is 1. The molecule has 0 bridgehead atoms. The number of ether oxygens (including phenoxy) is 1. The third-order valence-electron chi connectivity index (χ3n) is 5.48. The van der Waals surface area contributed by atoms with Crippen LogP contribution in [-0.4, -0.2) is 5.91 Å². The first kappa shape index (κ1) is 18.7. The molecule has 0 unspecified atom stereocenters. The highest BCUT2D eigenvalue weighted by atomic mass is 16.5. The molecule has 0 fully saturated rings. The molecule has 4 heteroatoms. The smallest absolute Gasteiger partial charge is 0.257 e. The second-order valence-electron chi connectivity index (χ2n) is 7.32. The van der Waals surface area contributed by atoms with Crippen LogP contribution in [-0.2, 0) is 0 Å². The van der Waals surface area contributed by atoms with E-state index in [0.717, 1.165) is 21.9 Å². The third kappa shape index (κ3) is 3.33. The molecule has 5 rings (SSSR count). The van der Waals surface area contributed by atoms with Crippen LogP contribution < -0.4 is 10.1 Å². The Kier molecular flexibility index (Phi) is 4.70. The number of carbonyl (C=O) groups is 1. The highest BCUT2D eigenvalue weighted by Crippen LogP contribution is 2.45. The zero-order valence-corrected chi connectivity index (χ0v) is 16.6. The van der Waals surface area contributed by atoms with Crippen molar-refractivity contribution in [1.82, 2.24) is 5.32 Å². The van der Waals surface area contributed by atoms with Gasteiger partial charge < -0.3 is 4.74 Å². The summed E-state index contributed by atoms with van der Waals surface area (Å²) in [6.45, 7) is 0. The lowest BCUT2D eigenvalue weighted by Gasteiger charge is -2.29. The quantitative estimate of drug-likeness (QED) is 0.490. The van der Waals surface area contributed by atoms with E-state index in [4.69, 9.17) is 4.74 Å². The van der Waals surface area contributed by atoms with Crippen molar-refractivity contribution in [2.75, 3.05) is 0 Å². The summed E-state index contributed by atoms with van der Waals surface area (Å²) < 4.78 is 6.11. The molecule has 1 aliphatic heterocycles. The van der Waals surface area contributed by atoms with Crippen LogP contribution in [0.15, 0.2) is 109 Å². The number of fused-ring (bicyclic) bond motifs is 3. The van der Waals surface area contributed by atoms with Crippen LogP contribution >= 0.6 is 0 Å². The van der Waals surface area contributed by atoms with Crippen molar-refractivity contribution in [3.05, 3.63) is 125 Å². The van der Waals surface area contributed by atoms with E-state index >= 15 is 0 Å². The van der Waals surface area contributed by atoms with Crippen molar-refractivity contribution in [3.8, 4) is 11.8 Å².